The van der Waals surface area contributed by atoms with Gasteiger partial charge in [0.15, 0.2) is 0 Å². The molecule has 0 spiro atoms. The molecule has 2 N–H and O–H groups in total. The second-order valence-corrected chi connectivity index (χ2v) is 6.78. The van der Waals surface area contributed by atoms with Crippen LogP contribution in [0.25, 0.3) is 0 Å². The van der Waals surface area contributed by atoms with E-state index in [1.165, 1.54) is 0 Å². The van der Waals surface area contributed by atoms with Crippen LogP contribution in [0.15, 0.2) is 6.20 Å². The molecule has 0 bridgehead atoms. The molecule has 5 heteroatoms. The normalized spacial score (nSPS) is 23.6. The average molecular weight is 278 g/mol. The fourth-order valence-electron chi connectivity index (χ4n) is 2.74. The lowest BCUT2D eigenvalue weighted by atomic mass is 9.94. The molecule has 20 heavy (non-hydrogen) atoms. The fraction of sp³-hybridized carbons (Fsp3) is 0.733. The van der Waals surface area contributed by atoms with E-state index in [1.807, 2.05) is 11.6 Å². The molecule has 2 heterocycles. The first-order valence-electron chi connectivity index (χ1n) is 7.37. The SMILES string of the molecule is Cc1c(C(=O)NC2CNCCC2C)cnn1C(C)(C)C. The van der Waals surface area contributed by atoms with Gasteiger partial charge in [-0.1, -0.05) is 6.92 Å². The van der Waals surface area contributed by atoms with Crippen LogP contribution >= 0.6 is 0 Å². The number of carbonyl (C=O) groups excluding carboxylic acids is 1. The van der Waals surface area contributed by atoms with Crippen molar-refractivity contribution in [3.05, 3.63) is 17.5 Å². The second-order valence-electron chi connectivity index (χ2n) is 6.78. The van der Waals surface area contributed by atoms with Crippen molar-refractivity contribution in [2.45, 2.75) is 52.6 Å². The van der Waals surface area contributed by atoms with E-state index >= 15 is 0 Å². The lowest BCUT2D eigenvalue weighted by Gasteiger charge is -2.30. The van der Waals surface area contributed by atoms with Crippen LogP contribution in [0.3, 0.4) is 0 Å². The van der Waals surface area contributed by atoms with E-state index < -0.39 is 0 Å². The summed E-state index contributed by atoms with van der Waals surface area (Å²) in [7, 11) is 0. The predicted molar refractivity (Wildman–Crippen MR) is 79.9 cm³/mol. The number of amides is 1. The Morgan fingerprint density at radius 2 is 2.20 bits per heavy atom. The van der Waals surface area contributed by atoms with Crippen molar-refractivity contribution in [3.8, 4) is 0 Å². The maximum absolute atomic E-state index is 12.4. The molecule has 1 aliphatic rings. The van der Waals surface area contributed by atoms with Crippen molar-refractivity contribution in [1.29, 1.82) is 0 Å². The van der Waals surface area contributed by atoms with E-state index in [4.69, 9.17) is 0 Å². The molecule has 1 aliphatic heterocycles. The maximum Gasteiger partial charge on any atom is 0.255 e. The van der Waals surface area contributed by atoms with Gasteiger partial charge in [-0.3, -0.25) is 9.48 Å². The third kappa shape index (κ3) is 3.03. The van der Waals surface area contributed by atoms with Gasteiger partial charge in [-0.15, -0.1) is 0 Å². The molecule has 2 rings (SSSR count). The molecule has 0 radical (unpaired) electrons. The van der Waals surface area contributed by atoms with Crippen molar-refractivity contribution < 1.29 is 4.79 Å². The molecule has 2 unspecified atom stereocenters. The number of nitrogens with one attached hydrogen (secondary N) is 2. The van der Waals surface area contributed by atoms with E-state index in [-0.39, 0.29) is 17.5 Å². The molecule has 2 atom stereocenters. The Bertz CT molecular complexity index is 487. The van der Waals surface area contributed by atoms with E-state index in [1.54, 1.807) is 6.20 Å². The zero-order valence-corrected chi connectivity index (χ0v) is 13.2. The molecular weight excluding hydrogens is 252 g/mol. The Balaban J connectivity index is 2.12. The molecule has 1 amide bonds. The van der Waals surface area contributed by atoms with E-state index in [2.05, 4.69) is 43.4 Å². The third-order valence-electron chi connectivity index (χ3n) is 4.03. The van der Waals surface area contributed by atoms with Crippen LogP contribution in [0, 0.1) is 12.8 Å². The van der Waals surface area contributed by atoms with Crippen molar-refractivity contribution >= 4 is 5.91 Å². The van der Waals surface area contributed by atoms with Crippen LogP contribution in [-0.2, 0) is 5.54 Å². The third-order valence-corrected chi connectivity index (χ3v) is 4.03. The van der Waals surface area contributed by atoms with Crippen LogP contribution < -0.4 is 10.6 Å². The topological polar surface area (TPSA) is 59.0 Å². The van der Waals surface area contributed by atoms with Gasteiger partial charge in [0.25, 0.3) is 5.91 Å². The van der Waals surface area contributed by atoms with Crippen molar-refractivity contribution in [2.75, 3.05) is 13.1 Å². The summed E-state index contributed by atoms with van der Waals surface area (Å²) in [6.07, 6.45) is 2.78. The first-order chi connectivity index (χ1) is 9.30. The number of hydrogen-bond acceptors (Lipinski definition) is 3. The van der Waals surface area contributed by atoms with Gasteiger partial charge in [-0.2, -0.15) is 5.10 Å². The quantitative estimate of drug-likeness (QED) is 0.865. The molecule has 0 aromatic carbocycles. The summed E-state index contributed by atoms with van der Waals surface area (Å²) in [6.45, 7) is 12.3. The summed E-state index contributed by atoms with van der Waals surface area (Å²) in [4.78, 5) is 12.4. The first-order valence-corrected chi connectivity index (χ1v) is 7.37. The van der Waals surface area contributed by atoms with Gasteiger partial charge in [-0.25, -0.2) is 0 Å². The monoisotopic (exact) mass is 278 g/mol. The van der Waals surface area contributed by atoms with Gasteiger partial charge in [0.1, 0.15) is 0 Å². The van der Waals surface area contributed by atoms with Crippen molar-refractivity contribution in [1.82, 2.24) is 20.4 Å². The second kappa shape index (κ2) is 5.56. The van der Waals surface area contributed by atoms with Crippen LogP contribution in [0.1, 0.15) is 50.2 Å². The molecular formula is C15H26N4O. The van der Waals surface area contributed by atoms with Crippen molar-refractivity contribution in [2.24, 2.45) is 5.92 Å². The van der Waals surface area contributed by atoms with Gasteiger partial charge >= 0.3 is 0 Å². The Morgan fingerprint density at radius 3 is 2.75 bits per heavy atom. The highest BCUT2D eigenvalue weighted by atomic mass is 16.1. The summed E-state index contributed by atoms with van der Waals surface area (Å²) in [5.74, 6) is 0.497. The van der Waals surface area contributed by atoms with Gasteiger partial charge in [0, 0.05) is 18.3 Å². The Labute approximate surface area is 121 Å². The zero-order valence-electron chi connectivity index (χ0n) is 13.2. The Morgan fingerprint density at radius 1 is 1.50 bits per heavy atom. The summed E-state index contributed by atoms with van der Waals surface area (Å²) >= 11 is 0. The minimum Gasteiger partial charge on any atom is -0.348 e. The minimum atomic E-state index is -0.109. The van der Waals surface area contributed by atoms with Gasteiger partial charge in [0.05, 0.1) is 17.3 Å². The minimum absolute atomic E-state index is 0.0152. The number of hydrogen-bond donors (Lipinski definition) is 2. The van der Waals surface area contributed by atoms with Gasteiger partial charge < -0.3 is 10.6 Å². The number of aromatic nitrogens is 2. The Hall–Kier alpha value is -1.36. The number of carbonyl (C=O) groups is 1. The molecule has 0 aliphatic carbocycles. The first kappa shape index (κ1) is 15.0. The highest BCUT2D eigenvalue weighted by Gasteiger charge is 2.26. The van der Waals surface area contributed by atoms with Crippen LogP contribution in [0.4, 0.5) is 0 Å². The number of rotatable bonds is 2. The predicted octanol–water partition coefficient (Wildman–Crippen LogP) is 1.67. The van der Waals surface area contributed by atoms with E-state index in [0.717, 1.165) is 25.2 Å². The van der Waals surface area contributed by atoms with Crippen LogP contribution in [-0.4, -0.2) is 34.8 Å². The van der Waals surface area contributed by atoms with Crippen LogP contribution in [0.5, 0.6) is 0 Å². The summed E-state index contributed by atoms with van der Waals surface area (Å²) in [5, 5.41) is 10.8. The summed E-state index contributed by atoms with van der Waals surface area (Å²) < 4.78 is 1.91. The smallest absolute Gasteiger partial charge is 0.255 e. The largest absolute Gasteiger partial charge is 0.348 e. The molecule has 0 saturated carbocycles. The lowest BCUT2D eigenvalue weighted by Crippen LogP contribution is -2.50. The average Bonchev–Trinajstić information content (AvgIpc) is 2.74. The fourth-order valence-corrected chi connectivity index (χ4v) is 2.74. The maximum atomic E-state index is 12.4. The zero-order chi connectivity index (χ0) is 14.9. The van der Waals surface area contributed by atoms with Crippen molar-refractivity contribution in [3.63, 3.8) is 0 Å². The molecule has 1 aromatic heterocycles. The van der Waals surface area contributed by atoms with Gasteiger partial charge in [-0.05, 0) is 46.6 Å². The van der Waals surface area contributed by atoms with Crippen LogP contribution in [0.2, 0.25) is 0 Å². The molecule has 112 valence electrons. The highest BCUT2D eigenvalue weighted by molar-refractivity contribution is 5.95. The number of piperidine rings is 1. The lowest BCUT2D eigenvalue weighted by molar-refractivity contribution is 0.0914. The molecule has 1 aromatic rings. The molecule has 1 saturated heterocycles. The van der Waals surface area contributed by atoms with E-state index in [9.17, 15) is 4.79 Å². The summed E-state index contributed by atoms with van der Waals surface area (Å²) in [6, 6.07) is 0.202. The standard InChI is InChI=1S/C15H26N4O/c1-10-6-7-16-9-13(10)18-14(20)12-8-17-19(11(12)2)15(3,4)5/h8,10,13,16H,6-7,9H2,1-5H3,(H,18,20). The van der Waals surface area contributed by atoms with Gasteiger partial charge in [0.2, 0.25) is 0 Å². The highest BCUT2D eigenvalue weighted by Crippen LogP contribution is 2.19. The molecule has 5 nitrogen and oxygen atoms in total. The molecule has 1 fully saturated rings. The number of nitrogens with zero attached hydrogens (tertiary/aromatic N) is 2. The Kier molecular flexibility index (Phi) is 4.18. The summed E-state index contributed by atoms with van der Waals surface area (Å²) in [5.41, 5.74) is 1.49. The van der Waals surface area contributed by atoms with E-state index in [0.29, 0.717) is 11.5 Å².